The minimum absolute atomic E-state index is 0.255. The Morgan fingerprint density at radius 2 is 1.58 bits per heavy atom. The topological polar surface area (TPSA) is 32.3 Å². The molecule has 0 saturated carbocycles. The van der Waals surface area contributed by atoms with Crippen LogP contribution in [-0.4, -0.2) is 23.3 Å². The van der Waals surface area contributed by atoms with E-state index in [0.29, 0.717) is 12.6 Å². The van der Waals surface area contributed by atoms with E-state index in [1.54, 1.807) is 0 Å². The Hall–Kier alpha value is -0.0800. The number of hydrogen-bond donors (Lipinski definition) is 2. The first-order valence-corrected chi connectivity index (χ1v) is 4.59. The van der Waals surface area contributed by atoms with Crippen LogP contribution >= 0.6 is 0 Å². The van der Waals surface area contributed by atoms with Crippen LogP contribution in [0.15, 0.2) is 0 Å². The molecule has 0 spiro atoms. The lowest BCUT2D eigenvalue weighted by atomic mass is 9.88. The molecule has 0 aliphatic heterocycles. The first-order valence-electron chi connectivity index (χ1n) is 4.59. The summed E-state index contributed by atoms with van der Waals surface area (Å²) < 4.78 is 0. The fourth-order valence-corrected chi connectivity index (χ4v) is 0.709. The summed E-state index contributed by atoms with van der Waals surface area (Å²) in [4.78, 5) is 0. The molecular formula is C10H23NO. The minimum Gasteiger partial charge on any atom is -0.389 e. The van der Waals surface area contributed by atoms with Gasteiger partial charge in [-0.15, -0.1) is 0 Å². The van der Waals surface area contributed by atoms with Crippen molar-refractivity contribution in [1.82, 2.24) is 5.32 Å². The Morgan fingerprint density at radius 1 is 1.17 bits per heavy atom. The average Bonchev–Trinajstić information content (AvgIpc) is 1.78. The van der Waals surface area contributed by atoms with Gasteiger partial charge in [-0.3, -0.25) is 0 Å². The zero-order valence-electron chi connectivity index (χ0n) is 9.23. The highest BCUT2D eigenvalue weighted by Crippen LogP contribution is 2.18. The quantitative estimate of drug-likeness (QED) is 0.682. The lowest BCUT2D eigenvalue weighted by Crippen LogP contribution is -2.44. The summed E-state index contributed by atoms with van der Waals surface area (Å²) in [6.45, 7) is 13.0. The van der Waals surface area contributed by atoms with Crippen LogP contribution in [0.5, 0.6) is 0 Å². The van der Waals surface area contributed by atoms with Crippen molar-refractivity contribution in [2.45, 2.75) is 53.2 Å². The third kappa shape index (κ3) is 5.56. The van der Waals surface area contributed by atoms with Crippen LogP contribution in [0.25, 0.3) is 0 Å². The van der Waals surface area contributed by atoms with Crippen molar-refractivity contribution in [3.8, 4) is 0 Å². The van der Waals surface area contributed by atoms with Crippen molar-refractivity contribution in [3.05, 3.63) is 0 Å². The molecule has 2 heteroatoms. The number of nitrogens with one attached hydrogen (secondary N) is 1. The van der Waals surface area contributed by atoms with Crippen LogP contribution in [-0.2, 0) is 0 Å². The lowest BCUT2D eigenvalue weighted by molar-refractivity contribution is 0.0714. The van der Waals surface area contributed by atoms with Crippen molar-refractivity contribution in [1.29, 1.82) is 0 Å². The second-order valence-electron chi connectivity index (χ2n) is 5.28. The molecule has 2 N–H and O–H groups in total. The Balaban J connectivity index is 3.80. The van der Waals surface area contributed by atoms with Gasteiger partial charge in [-0.25, -0.2) is 0 Å². The van der Waals surface area contributed by atoms with Crippen molar-refractivity contribution < 1.29 is 5.11 Å². The third-order valence-electron chi connectivity index (χ3n) is 2.14. The van der Waals surface area contributed by atoms with E-state index in [1.165, 1.54) is 0 Å². The van der Waals surface area contributed by atoms with E-state index in [2.05, 4.69) is 33.0 Å². The summed E-state index contributed by atoms with van der Waals surface area (Å²) in [6.07, 6.45) is 0. The van der Waals surface area contributed by atoms with Crippen LogP contribution in [0.2, 0.25) is 0 Å². The molecule has 0 aromatic heterocycles. The maximum atomic E-state index is 9.47. The molecule has 74 valence electrons. The van der Waals surface area contributed by atoms with Gasteiger partial charge in [0.25, 0.3) is 0 Å². The van der Waals surface area contributed by atoms with Crippen molar-refractivity contribution >= 4 is 0 Å². The predicted octanol–water partition coefficient (Wildman–Crippen LogP) is 1.78. The maximum absolute atomic E-state index is 9.47. The molecule has 0 aromatic carbocycles. The molecule has 0 radical (unpaired) electrons. The summed E-state index contributed by atoms with van der Waals surface area (Å²) >= 11 is 0. The molecule has 0 amide bonds. The fourth-order valence-electron chi connectivity index (χ4n) is 0.709. The Morgan fingerprint density at radius 3 is 1.83 bits per heavy atom. The zero-order chi connectivity index (χ0) is 9.99. The molecule has 1 unspecified atom stereocenters. The number of hydrogen-bond acceptors (Lipinski definition) is 2. The lowest BCUT2D eigenvalue weighted by Gasteiger charge is -2.30. The van der Waals surface area contributed by atoms with Gasteiger partial charge in [0.05, 0.1) is 5.60 Å². The Bertz CT molecular complexity index is 130. The van der Waals surface area contributed by atoms with E-state index in [9.17, 15) is 5.11 Å². The van der Waals surface area contributed by atoms with E-state index >= 15 is 0 Å². The summed E-state index contributed by atoms with van der Waals surface area (Å²) in [5.74, 6) is 0. The van der Waals surface area contributed by atoms with Gasteiger partial charge in [0, 0.05) is 12.6 Å². The van der Waals surface area contributed by atoms with E-state index in [-0.39, 0.29) is 5.41 Å². The maximum Gasteiger partial charge on any atom is 0.0715 e. The molecule has 2 nitrogen and oxygen atoms in total. The van der Waals surface area contributed by atoms with Gasteiger partial charge in [0.2, 0.25) is 0 Å². The van der Waals surface area contributed by atoms with E-state index in [4.69, 9.17) is 0 Å². The highest BCUT2D eigenvalue weighted by Gasteiger charge is 2.21. The van der Waals surface area contributed by atoms with Crippen LogP contribution in [0.4, 0.5) is 0 Å². The average molecular weight is 173 g/mol. The van der Waals surface area contributed by atoms with Gasteiger partial charge >= 0.3 is 0 Å². The molecule has 0 aliphatic rings. The van der Waals surface area contributed by atoms with E-state index < -0.39 is 5.60 Å². The summed E-state index contributed by atoms with van der Waals surface area (Å²) in [5.41, 5.74) is -0.356. The first kappa shape index (κ1) is 11.9. The molecule has 0 heterocycles. The van der Waals surface area contributed by atoms with Gasteiger partial charge in [-0.2, -0.15) is 0 Å². The summed E-state index contributed by atoms with van der Waals surface area (Å²) in [6, 6.07) is 0.420. The molecule has 1 atom stereocenters. The normalized spacial score (nSPS) is 16.2. The molecule has 0 saturated heterocycles. The highest BCUT2D eigenvalue weighted by molar-refractivity contribution is 4.79. The predicted molar refractivity (Wildman–Crippen MR) is 53.2 cm³/mol. The van der Waals surface area contributed by atoms with Crippen molar-refractivity contribution in [3.63, 3.8) is 0 Å². The Kier molecular flexibility index (Phi) is 3.73. The van der Waals surface area contributed by atoms with Gasteiger partial charge in [0.15, 0.2) is 0 Å². The molecule has 0 fully saturated rings. The van der Waals surface area contributed by atoms with Crippen molar-refractivity contribution in [2.75, 3.05) is 6.54 Å². The largest absolute Gasteiger partial charge is 0.389 e. The minimum atomic E-state index is -0.612. The van der Waals surface area contributed by atoms with Crippen molar-refractivity contribution in [2.24, 2.45) is 5.41 Å². The molecule has 0 rings (SSSR count). The molecule has 0 aromatic rings. The molecular weight excluding hydrogens is 150 g/mol. The fraction of sp³-hybridized carbons (Fsp3) is 1.00. The highest BCUT2D eigenvalue weighted by atomic mass is 16.3. The second-order valence-corrected chi connectivity index (χ2v) is 5.28. The van der Waals surface area contributed by atoms with Crippen LogP contribution < -0.4 is 5.32 Å². The van der Waals surface area contributed by atoms with E-state index in [1.807, 2.05) is 13.8 Å². The molecule has 0 bridgehead atoms. The van der Waals surface area contributed by atoms with Gasteiger partial charge in [0.1, 0.15) is 0 Å². The van der Waals surface area contributed by atoms with Crippen LogP contribution in [0, 0.1) is 5.41 Å². The Labute approximate surface area is 76.4 Å². The third-order valence-corrected chi connectivity index (χ3v) is 2.14. The second kappa shape index (κ2) is 3.75. The number of rotatable bonds is 3. The van der Waals surface area contributed by atoms with Crippen LogP contribution in [0.1, 0.15) is 41.5 Å². The summed E-state index contributed by atoms with van der Waals surface area (Å²) in [5, 5.41) is 12.8. The van der Waals surface area contributed by atoms with E-state index in [0.717, 1.165) is 0 Å². The molecule has 0 aliphatic carbocycles. The number of aliphatic hydroxyl groups is 1. The van der Waals surface area contributed by atoms with Gasteiger partial charge in [-0.05, 0) is 26.2 Å². The van der Waals surface area contributed by atoms with Crippen LogP contribution in [0.3, 0.4) is 0 Å². The first-order chi connectivity index (χ1) is 5.13. The monoisotopic (exact) mass is 173 g/mol. The summed E-state index contributed by atoms with van der Waals surface area (Å²) in [7, 11) is 0. The van der Waals surface area contributed by atoms with Gasteiger partial charge in [-0.1, -0.05) is 20.8 Å². The standard InChI is InChI=1S/C10H23NO/c1-8(9(2,3)4)11-7-10(5,6)12/h8,11-12H,7H2,1-6H3. The molecule has 12 heavy (non-hydrogen) atoms. The smallest absolute Gasteiger partial charge is 0.0715 e. The SMILES string of the molecule is CC(NCC(C)(C)O)C(C)(C)C. The van der Waals surface area contributed by atoms with Gasteiger partial charge < -0.3 is 10.4 Å². The zero-order valence-corrected chi connectivity index (χ0v) is 9.23.